The summed E-state index contributed by atoms with van der Waals surface area (Å²) in [5, 5.41) is 1.72. The number of ether oxygens (including phenoxy) is 1. The number of hydrogen-bond acceptors (Lipinski definition) is 5. The first kappa shape index (κ1) is 15.9. The fourth-order valence-corrected chi connectivity index (χ4v) is 2.36. The van der Waals surface area contributed by atoms with Crippen molar-refractivity contribution >= 4 is 34.8 Å². The van der Waals surface area contributed by atoms with E-state index in [4.69, 9.17) is 11.6 Å². The van der Waals surface area contributed by atoms with Crippen molar-refractivity contribution < 1.29 is 14.3 Å². The molecule has 0 fully saturated rings. The number of thiazole rings is 1. The third kappa shape index (κ3) is 4.18. The first-order valence-electron chi connectivity index (χ1n) is 5.84. The van der Waals surface area contributed by atoms with E-state index in [9.17, 15) is 9.59 Å². The van der Waals surface area contributed by atoms with E-state index in [1.54, 1.807) is 17.2 Å². The molecule has 1 aromatic heterocycles. The van der Waals surface area contributed by atoms with E-state index in [1.165, 1.54) is 18.4 Å². The lowest BCUT2D eigenvalue weighted by atomic mass is 10.3. The fraction of sp³-hybridized carbons (Fsp3) is 0.583. The van der Waals surface area contributed by atoms with Gasteiger partial charge >= 0.3 is 5.97 Å². The number of alkyl halides is 1. The van der Waals surface area contributed by atoms with E-state index in [-0.39, 0.29) is 17.6 Å². The third-order valence-corrected chi connectivity index (χ3v) is 3.52. The van der Waals surface area contributed by atoms with Crippen LogP contribution in [0.4, 0.5) is 0 Å². The van der Waals surface area contributed by atoms with Gasteiger partial charge in [0.15, 0.2) is 5.69 Å². The van der Waals surface area contributed by atoms with Gasteiger partial charge in [-0.3, -0.25) is 4.79 Å². The first-order valence-corrected chi connectivity index (χ1v) is 7.15. The summed E-state index contributed by atoms with van der Waals surface area (Å²) in [5.74, 6) is -0.623. The van der Waals surface area contributed by atoms with Crippen molar-refractivity contribution in [2.75, 3.05) is 7.11 Å². The van der Waals surface area contributed by atoms with E-state index < -0.39 is 11.3 Å². The first-order chi connectivity index (χ1) is 8.86. The predicted molar refractivity (Wildman–Crippen MR) is 74.5 cm³/mol. The van der Waals surface area contributed by atoms with Gasteiger partial charge in [0.05, 0.1) is 13.7 Å². The van der Waals surface area contributed by atoms with Crippen LogP contribution in [0.5, 0.6) is 0 Å². The second-order valence-electron chi connectivity index (χ2n) is 4.29. The number of carbonyl (C=O) groups excluding carboxylic acids is 2. The monoisotopic (exact) mass is 304 g/mol. The average Bonchev–Trinajstić information content (AvgIpc) is 2.82. The van der Waals surface area contributed by atoms with Crippen molar-refractivity contribution in [1.82, 2.24) is 9.88 Å². The number of carbonyl (C=O) groups is 2. The van der Waals surface area contributed by atoms with Crippen LogP contribution in [0.3, 0.4) is 0 Å². The van der Waals surface area contributed by atoms with Crippen LogP contribution in [0.15, 0.2) is 5.38 Å². The van der Waals surface area contributed by atoms with Gasteiger partial charge in [-0.15, -0.1) is 22.9 Å². The zero-order valence-electron chi connectivity index (χ0n) is 11.3. The number of amides is 1. The molecule has 1 rings (SSSR count). The van der Waals surface area contributed by atoms with E-state index in [2.05, 4.69) is 9.72 Å². The molecule has 1 aromatic rings. The smallest absolute Gasteiger partial charge is 0.357 e. The Morgan fingerprint density at radius 3 is 2.58 bits per heavy atom. The van der Waals surface area contributed by atoms with Gasteiger partial charge in [-0.2, -0.15) is 0 Å². The molecule has 0 saturated carbocycles. The number of halogens is 1. The molecule has 0 aliphatic heterocycles. The molecule has 1 heterocycles. The minimum Gasteiger partial charge on any atom is -0.464 e. The molecule has 0 N–H and O–H groups in total. The van der Waals surface area contributed by atoms with E-state index in [0.29, 0.717) is 11.6 Å². The normalized spacial score (nSPS) is 12.3. The quantitative estimate of drug-likeness (QED) is 0.618. The maximum atomic E-state index is 12.0. The highest BCUT2D eigenvalue weighted by Crippen LogP contribution is 2.16. The Morgan fingerprint density at radius 2 is 2.11 bits per heavy atom. The SMILES string of the molecule is COC(=O)c1csc(CN(C(=O)C(C)Cl)C(C)C)n1. The highest BCUT2D eigenvalue weighted by Gasteiger charge is 2.23. The molecule has 19 heavy (non-hydrogen) atoms. The molecular formula is C12H17ClN2O3S. The van der Waals surface area contributed by atoms with E-state index in [0.717, 1.165) is 0 Å². The zero-order chi connectivity index (χ0) is 14.6. The van der Waals surface area contributed by atoms with Gasteiger partial charge in [0.1, 0.15) is 10.4 Å². The molecule has 1 unspecified atom stereocenters. The predicted octanol–water partition coefficient (Wildman–Crippen LogP) is 2.29. The summed E-state index contributed by atoms with van der Waals surface area (Å²) in [7, 11) is 1.31. The number of aromatic nitrogens is 1. The second-order valence-corrected chi connectivity index (χ2v) is 5.89. The molecule has 1 amide bonds. The topological polar surface area (TPSA) is 59.5 Å². The Kier molecular flexibility index (Phi) is 5.75. The molecule has 7 heteroatoms. The lowest BCUT2D eigenvalue weighted by Crippen LogP contribution is -2.40. The molecule has 0 aromatic carbocycles. The second kappa shape index (κ2) is 6.86. The Balaban J connectivity index is 2.83. The maximum Gasteiger partial charge on any atom is 0.357 e. The van der Waals surface area contributed by atoms with Gasteiger partial charge in [0.2, 0.25) is 5.91 Å². The number of nitrogens with zero attached hydrogens (tertiary/aromatic N) is 2. The Hall–Kier alpha value is -1.14. The lowest BCUT2D eigenvalue weighted by Gasteiger charge is -2.26. The van der Waals surface area contributed by atoms with Crippen LogP contribution in [0.2, 0.25) is 0 Å². The lowest BCUT2D eigenvalue weighted by molar-refractivity contribution is -0.132. The summed E-state index contributed by atoms with van der Waals surface area (Å²) in [5.41, 5.74) is 0.262. The Bertz CT molecular complexity index is 460. The minimum atomic E-state index is -0.581. The average molecular weight is 305 g/mol. The molecular weight excluding hydrogens is 288 g/mol. The fourth-order valence-electron chi connectivity index (χ4n) is 1.47. The standard InChI is InChI=1S/C12H17ClN2O3S/c1-7(2)15(11(16)8(3)13)5-10-14-9(6-19-10)12(17)18-4/h6-8H,5H2,1-4H3. The van der Waals surface area contributed by atoms with Gasteiger partial charge in [-0.05, 0) is 20.8 Å². The molecule has 0 saturated heterocycles. The van der Waals surface area contributed by atoms with Crippen molar-refractivity contribution in [1.29, 1.82) is 0 Å². The van der Waals surface area contributed by atoms with Crippen molar-refractivity contribution in [2.24, 2.45) is 0 Å². The van der Waals surface area contributed by atoms with Crippen LogP contribution < -0.4 is 0 Å². The molecule has 0 aliphatic rings. The van der Waals surface area contributed by atoms with Crippen molar-refractivity contribution in [2.45, 2.75) is 38.7 Å². The van der Waals surface area contributed by atoms with Gasteiger partial charge in [0, 0.05) is 11.4 Å². The molecule has 0 radical (unpaired) electrons. The van der Waals surface area contributed by atoms with Crippen molar-refractivity contribution in [3.63, 3.8) is 0 Å². The van der Waals surface area contributed by atoms with Gasteiger partial charge in [-0.25, -0.2) is 9.78 Å². The number of methoxy groups -OCH3 is 1. The molecule has 0 bridgehead atoms. The summed E-state index contributed by atoms with van der Waals surface area (Å²) in [6.45, 7) is 5.80. The van der Waals surface area contributed by atoms with Crippen molar-refractivity contribution in [3.8, 4) is 0 Å². The third-order valence-electron chi connectivity index (χ3n) is 2.50. The van der Waals surface area contributed by atoms with Gasteiger partial charge in [-0.1, -0.05) is 0 Å². The van der Waals surface area contributed by atoms with E-state index >= 15 is 0 Å². The van der Waals surface area contributed by atoms with Crippen LogP contribution in [0.1, 0.15) is 36.3 Å². The summed E-state index contributed by atoms with van der Waals surface area (Å²) >= 11 is 7.15. The largest absolute Gasteiger partial charge is 0.464 e. The van der Waals surface area contributed by atoms with Crippen LogP contribution >= 0.6 is 22.9 Å². The minimum absolute atomic E-state index is 0.0131. The molecule has 106 valence electrons. The van der Waals surface area contributed by atoms with Crippen LogP contribution in [-0.2, 0) is 16.1 Å². The molecule has 0 spiro atoms. The van der Waals surface area contributed by atoms with Crippen molar-refractivity contribution in [3.05, 3.63) is 16.1 Å². The number of hydrogen-bond donors (Lipinski definition) is 0. The highest BCUT2D eigenvalue weighted by atomic mass is 35.5. The van der Waals surface area contributed by atoms with Crippen LogP contribution in [0, 0.1) is 0 Å². The zero-order valence-corrected chi connectivity index (χ0v) is 12.9. The summed E-state index contributed by atoms with van der Waals surface area (Å²) in [6, 6.07) is 0.0131. The molecule has 1 atom stereocenters. The Morgan fingerprint density at radius 1 is 1.47 bits per heavy atom. The number of esters is 1. The summed E-state index contributed by atoms with van der Waals surface area (Å²) in [6.07, 6.45) is 0. The molecule has 0 aliphatic carbocycles. The maximum absolute atomic E-state index is 12.0. The van der Waals surface area contributed by atoms with Gasteiger partial charge in [0.25, 0.3) is 0 Å². The van der Waals surface area contributed by atoms with Gasteiger partial charge < -0.3 is 9.64 Å². The number of rotatable bonds is 5. The van der Waals surface area contributed by atoms with Crippen LogP contribution in [-0.4, -0.2) is 40.3 Å². The highest BCUT2D eigenvalue weighted by molar-refractivity contribution is 7.09. The summed E-state index contributed by atoms with van der Waals surface area (Å²) in [4.78, 5) is 29.1. The molecule has 5 nitrogen and oxygen atoms in total. The summed E-state index contributed by atoms with van der Waals surface area (Å²) < 4.78 is 4.59. The van der Waals surface area contributed by atoms with E-state index in [1.807, 2.05) is 13.8 Å². The Labute approximate surface area is 121 Å². The van der Waals surface area contributed by atoms with Crippen LogP contribution in [0.25, 0.3) is 0 Å².